The van der Waals surface area contributed by atoms with Gasteiger partial charge in [0, 0.05) is 13.0 Å². The summed E-state index contributed by atoms with van der Waals surface area (Å²) in [5, 5.41) is 2.66. The molecule has 0 aliphatic heterocycles. The van der Waals surface area contributed by atoms with Crippen molar-refractivity contribution in [2.24, 2.45) is 5.73 Å². The Labute approximate surface area is 106 Å². The van der Waals surface area contributed by atoms with Crippen LogP contribution in [0.5, 0.6) is 5.75 Å². The maximum Gasteiger partial charge on any atom is 0.257 e. The summed E-state index contributed by atoms with van der Waals surface area (Å²) >= 11 is 4.82. The number of amides is 1. The molecule has 0 unspecified atom stereocenters. The monoisotopic (exact) mass is 252 g/mol. The summed E-state index contributed by atoms with van der Waals surface area (Å²) in [6, 6.07) is 7.36. The predicted octanol–water partition coefficient (Wildman–Crippen LogP) is 1.03. The first-order valence-corrected chi connectivity index (χ1v) is 5.79. The lowest BCUT2D eigenvalue weighted by Crippen LogP contribution is -2.28. The molecular formula is C12H16N2O2S. The van der Waals surface area contributed by atoms with Gasteiger partial charge in [0.25, 0.3) is 5.91 Å². The van der Waals surface area contributed by atoms with Gasteiger partial charge in [-0.15, -0.1) is 0 Å². The topological polar surface area (TPSA) is 64.3 Å². The molecule has 0 radical (unpaired) electrons. The van der Waals surface area contributed by atoms with E-state index >= 15 is 0 Å². The first-order chi connectivity index (χ1) is 8.11. The zero-order valence-corrected chi connectivity index (χ0v) is 10.5. The van der Waals surface area contributed by atoms with E-state index in [1.54, 1.807) is 12.1 Å². The molecule has 0 aliphatic rings. The van der Waals surface area contributed by atoms with Crippen molar-refractivity contribution in [2.45, 2.75) is 13.3 Å². The average molecular weight is 252 g/mol. The Morgan fingerprint density at radius 3 is 2.59 bits per heavy atom. The van der Waals surface area contributed by atoms with Crippen LogP contribution < -0.4 is 15.8 Å². The zero-order chi connectivity index (χ0) is 12.7. The number of benzene rings is 1. The van der Waals surface area contributed by atoms with Gasteiger partial charge in [-0.05, 0) is 24.6 Å². The molecule has 1 aromatic carbocycles. The van der Waals surface area contributed by atoms with E-state index in [0.717, 1.165) is 5.56 Å². The summed E-state index contributed by atoms with van der Waals surface area (Å²) in [4.78, 5) is 11.6. The zero-order valence-electron chi connectivity index (χ0n) is 9.73. The van der Waals surface area contributed by atoms with Gasteiger partial charge in [-0.25, -0.2) is 0 Å². The molecule has 0 atom stereocenters. The summed E-state index contributed by atoms with van der Waals surface area (Å²) < 4.78 is 5.30. The maximum atomic E-state index is 11.2. The van der Waals surface area contributed by atoms with E-state index in [0.29, 0.717) is 23.7 Å². The van der Waals surface area contributed by atoms with Crippen molar-refractivity contribution in [1.29, 1.82) is 0 Å². The number of nitrogens with two attached hydrogens (primary N) is 1. The Morgan fingerprint density at radius 2 is 2.06 bits per heavy atom. The van der Waals surface area contributed by atoms with E-state index in [-0.39, 0.29) is 12.5 Å². The Hall–Kier alpha value is -1.62. The highest BCUT2D eigenvalue weighted by Crippen LogP contribution is 2.12. The number of carbonyl (C=O) groups excluding carboxylic acids is 1. The number of thiocarbonyl (C=S) groups is 1. The van der Waals surface area contributed by atoms with E-state index in [9.17, 15) is 4.79 Å². The van der Waals surface area contributed by atoms with Gasteiger partial charge in [0.05, 0.1) is 4.99 Å². The normalized spacial score (nSPS) is 9.71. The fraction of sp³-hybridized carbons (Fsp3) is 0.333. The van der Waals surface area contributed by atoms with Crippen molar-refractivity contribution in [1.82, 2.24) is 5.32 Å². The highest BCUT2D eigenvalue weighted by atomic mass is 32.1. The second-order valence-corrected chi connectivity index (χ2v) is 4.05. The third-order valence-electron chi connectivity index (χ3n) is 2.05. The van der Waals surface area contributed by atoms with Crippen LogP contribution in [-0.2, 0) is 11.2 Å². The molecule has 1 amide bonds. The van der Waals surface area contributed by atoms with Gasteiger partial charge in [-0.3, -0.25) is 4.79 Å². The second kappa shape index (κ2) is 6.85. The number of carbonyl (C=O) groups is 1. The summed E-state index contributed by atoms with van der Waals surface area (Å²) in [5.41, 5.74) is 6.47. The van der Waals surface area contributed by atoms with Crippen LogP contribution in [0.25, 0.3) is 0 Å². The highest BCUT2D eigenvalue weighted by molar-refractivity contribution is 7.80. The molecule has 3 N–H and O–H groups in total. The van der Waals surface area contributed by atoms with Crippen LogP contribution in [0.2, 0.25) is 0 Å². The predicted molar refractivity (Wildman–Crippen MR) is 71.1 cm³/mol. The lowest BCUT2D eigenvalue weighted by molar-refractivity contribution is -0.122. The number of likely N-dealkylation sites (N-methyl/N-ethyl adjacent to an activating group) is 1. The molecule has 0 saturated heterocycles. The summed E-state index contributed by atoms with van der Waals surface area (Å²) in [6.07, 6.45) is 0.575. The van der Waals surface area contributed by atoms with Gasteiger partial charge in [-0.1, -0.05) is 24.4 Å². The van der Waals surface area contributed by atoms with Crippen molar-refractivity contribution in [3.05, 3.63) is 29.8 Å². The van der Waals surface area contributed by atoms with Crippen LogP contribution in [0, 0.1) is 0 Å². The molecule has 1 rings (SSSR count). The SMILES string of the molecule is CCNC(=O)COc1ccc(CC(N)=S)cc1. The molecule has 92 valence electrons. The van der Waals surface area contributed by atoms with Gasteiger partial charge in [0.15, 0.2) is 6.61 Å². The quantitative estimate of drug-likeness (QED) is 0.742. The van der Waals surface area contributed by atoms with Gasteiger partial charge < -0.3 is 15.8 Å². The Morgan fingerprint density at radius 1 is 1.41 bits per heavy atom. The van der Waals surface area contributed by atoms with E-state index in [4.69, 9.17) is 22.7 Å². The molecule has 0 heterocycles. The minimum absolute atomic E-state index is 0.0302. The first kappa shape index (κ1) is 13.4. The number of rotatable bonds is 6. The summed E-state index contributed by atoms with van der Waals surface area (Å²) in [5.74, 6) is 0.530. The molecule has 17 heavy (non-hydrogen) atoms. The van der Waals surface area contributed by atoms with Crippen LogP contribution in [0.15, 0.2) is 24.3 Å². The molecule has 0 saturated carbocycles. The van der Waals surface area contributed by atoms with E-state index in [2.05, 4.69) is 5.32 Å². The Balaban J connectivity index is 2.45. The number of hydrogen-bond acceptors (Lipinski definition) is 3. The van der Waals surface area contributed by atoms with Crippen LogP contribution in [0.4, 0.5) is 0 Å². The van der Waals surface area contributed by atoms with Gasteiger partial charge >= 0.3 is 0 Å². The fourth-order valence-corrected chi connectivity index (χ4v) is 1.47. The van der Waals surface area contributed by atoms with Crippen LogP contribution in [0.1, 0.15) is 12.5 Å². The molecule has 0 aliphatic carbocycles. The summed E-state index contributed by atoms with van der Waals surface area (Å²) in [6.45, 7) is 2.50. The van der Waals surface area contributed by atoms with E-state index in [1.165, 1.54) is 0 Å². The molecule has 0 aromatic heterocycles. The third-order valence-corrected chi connectivity index (χ3v) is 2.19. The Kier molecular flexibility index (Phi) is 5.42. The molecule has 1 aromatic rings. The lowest BCUT2D eigenvalue weighted by atomic mass is 10.1. The van der Waals surface area contributed by atoms with Crippen molar-refractivity contribution in [3.8, 4) is 5.75 Å². The van der Waals surface area contributed by atoms with E-state index in [1.807, 2.05) is 19.1 Å². The molecule has 5 heteroatoms. The number of hydrogen-bond donors (Lipinski definition) is 2. The molecule has 0 fully saturated rings. The third kappa shape index (κ3) is 5.31. The largest absolute Gasteiger partial charge is 0.484 e. The number of nitrogens with one attached hydrogen (secondary N) is 1. The highest BCUT2D eigenvalue weighted by Gasteiger charge is 2.01. The smallest absolute Gasteiger partial charge is 0.257 e. The summed E-state index contributed by atoms with van der Waals surface area (Å²) in [7, 11) is 0. The first-order valence-electron chi connectivity index (χ1n) is 5.38. The number of ether oxygens (including phenoxy) is 1. The average Bonchev–Trinajstić information content (AvgIpc) is 2.28. The van der Waals surface area contributed by atoms with Crippen LogP contribution >= 0.6 is 12.2 Å². The van der Waals surface area contributed by atoms with Gasteiger partial charge in [-0.2, -0.15) is 0 Å². The van der Waals surface area contributed by atoms with Crippen LogP contribution in [0.3, 0.4) is 0 Å². The van der Waals surface area contributed by atoms with Gasteiger partial charge in [0.1, 0.15) is 5.75 Å². The fourth-order valence-electron chi connectivity index (χ4n) is 1.30. The van der Waals surface area contributed by atoms with Crippen molar-refractivity contribution in [3.63, 3.8) is 0 Å². The van der Waals surface area contributed by atoms with Crippen molar-refractivity contribution >= 4 is 23.1 Å². The molecular weight excluding hydrogens is 236 g/mol. The molecule has 0 bridgehead atoms. The second-order valence-electron chi connectivity index (χ2n) is 3.53. The molecule has 0 spiro atoms. The Bertz CT molecular complexity index is 390. The minimum atomic E-state index is -0.125. The van der Waals surface area contributed by atoms with Crippen LogP contribution in [-0.4, -0.2) is 24.0 Å². The maximum absolute atomic E-state index is 11.2. The van der Waals surface area contributed by atoms with E-state index < -0.39 is 0 Å². The standard InChI is InChI=1S/C12H16N2O2S/c1-2-14-12(15)8-16-10-5-3-9(4-6-10)7-11(13)17/h3-6H,2,7-8H2,1H3,(H2,13,17)(H,14,15). The molecule has 4 nitrogen and oxygen atoms in total. The minimum Gasteiger partial charge on any atom is -0.484 e. The van der Waals surface area contributed by atoms with Crippen molar-refractivity contribution < 1.29 is 9.53 Å². The lowest BCUT2D eigenvalue weighted by Gasteiger charge is -2.06. The van der Waals surface area contributed by atoms with Gasteiger partial charge in [0.2, 0.25) is 0 Å². The van der Waals surface area contributed by atoms with Crippen molar-refractivity contribution in [2.75, 3.05) is 13.2 Å².